The van der Waals surface area contributed by atoms with Crippen LogP contribution >= 0.6 is 0 Å². The van der Waals surface area contributed by atoms with Crippen LogP contribution in [-0.2, 0) is 14.3 Å². The van der Waals surface area contributed by atoms with E-state index in [0.717, 1.165) is 18.1 Å². The van der Waals surface area contributed by atoms with Crippen molar-refractivity contribution < 1.29 is 19.0 Å². The molecule has 4 heteroatoms. The van der Waals surface area contributed by atoms with Gasteiger partial charge in [-0.1, -0.05) is 56.2 Å². The number of carbonyl (C=O) groups excluding carboxylic acids is 1. The third kappa shape index (κ3) is 3.62. The predicted octanol–water partition coefficient (Wildman–Crippen LogP) is 5.40. The zero-order valence-electron chi connectivity index (χ0n) is 17.4. The standard InChI is InChI=1S/C26H30O4/c1-2-24(27)30-19-15-28-22-13-11-17-7-3-5-9-20(17)25(22)26-21-10-6-4-8-18(21)12-14-23(26)29-16-19/h2-3,5,7,9,11,13,18-19,21,23,26H,1,4,6,8,10,12,14-16H2. The highest BCUT2D eigenvalue weighted by Crippen LogP contribution is 2.52. The summed E-state index contributed by atoms with van der Waals surface area (Å²) in [6.45, 7) is 4.17. The van der Waals surface area contributed by atoms with E-state index in [1.807, 2.05) is 0 Å². The molecule has 0 N–H and O–H groups in total. The van der Waals surface area contributed by atoms with Crippen LogP contribution in [0.3, 0.4) is 0 Å². The molecule has 4 nitrogen and oxygen atoms in total. The fourth-order valence-corrected chi connectivity index (χ4v) is 5.98. The zero-order chi connectivity index (χ0) is 20.5. The topological polar surface area (TPSA) is 44.8 Å². The molecule has 0 aromatic heterocycles. The number of esters is 1. The Hall–Kier alpha value is -2.33. The summed E-state index contributed by atoms with van der Waals surface area (Å²) in [6, 6.07) is 12.8. The first-order valence-corrected chi connectivity index (χ1v) is 11.3. The monoisotopic (exact) mass is 406 g/mol. The van der Waals surface area contributed by atoms with E-state index in [4.69, 9.17) is 14.2 Å². The molecule has 2 fully saturated rings. The minimum Gasteiger partial charge on any atom is -0.489 e. The molecule has 158 valence electrons. The van der Waals surface area contributed by atoms with Gasteiger partial charge in [-0.3, -0.25) is 0 Å². The molecule has 0 radical (unpaired) electrons. The van der Waals surface area contributed by atoms with E-state index in [0.29, 0.717) is 25.0 Å². The number of hydrogen-bond acceptors (Lipinski definition) is 4. The zero-order valence-corrected chi connectivity index (χ0v) is 17.4. The van der Waals surface area contributed by atoms with Crippen LogP contribution in [0.15, 0.2) is 49.1 Å². The molecule has 0 bridgehead atoms. The molecule has 2 aliphatic carbocycles. The highest BCUT2D eigenvalue weighted by Gasteiger charge is 2.44. The van der Waals surface area contributed by atoms with Gasteiger partial charge in [0.2, 0.25) is 0 Å². The lowest BCUT2D eigenvalue weighted by molar-refractivity contribution is -0.150. The van der Waals surface area contributed by atoms with Gasteiger partial charge in [-0.05, 0) is 47.9 Å². The Labute approximate surface area is 178 Å². The molecule has 3 aliphatic rings. The largest absolute Gasteiger partial charge is 0.489 e. The van der Waals surface area contributed by atoms with Gasteiger partial charge >= 0.3 is 5.97 Å². The van der Waals surface area contributed by atoms with E-state index >= 15 is 0 Å². The molecule has 2 aromatic rings. The number of hydrogen-bond donors (Lipinski definition) is 0. The van der Waals surface area contributed by atoms with Crippen LogP contribution in [0.5, 0.6) is 5.75 Å². The summed E-state index contributed by atoms with van der Waals surface area (Å²) >= 11 is 0. The molecule has 30 heavy (non-hydrogen) atoms. The number of rotatable bonds is 2. The van der Waals surface area contributed by atoms with Crippen molar-refractivity contribution in [3.05, 3.63) is 54.6 Å². The summed E-state index contributed by atoms with van der Waals surface area (Å²) in [5.41, 5.74) is 1.30. The van der Waals surface area contributed by atoms with E-state index in [-0.39, 0.29) is 6.10 Å². The number of carbonyl (C=O) groups is 1. The van der Waals surface area contributed by atoms with Gasteiger partial charge in [0.05, 0.1) is 12.7 Å². The van der Waals surface area contributed by atoms with Gasteiger partial charge in [0, 0.05) is 17.6 Å². The Kier molecular flexibility index (Phi) is 5.51. The van der Waals surface area contributed by atoms with Crippen molar-refractivity contribution in [2.75, 3.05) is 13.2 Å². The highest BCUT2D eigenvalue weighted by atomic mass is 16.6. The number of fused-ring (bicyclic) bond motifs is 7. The van der Waals surface area contributed by atoms with E-state index in [1.54, 1.807) is 0 Å². The first kappa shape index (κ1) is 19.6. The Morgan fingerprint density at radius 1 is 1.03 bits per heavy atom. The second-order valence-corrected chi connectivity index (χ2v) is 8.96. The maximum absolute atomic E-state index is 11.8. The van der Waals surface area contributed by atoms with Crippen LogP contribution in [0.1, 0.15) is 50.0 Å². The van der Waals surface area contributed by atoms with Gasteiger partial charge in [-0.2, -0.15) is 0 Å². The van der Waals surface area contributed by atoms with Gasteiger partial charge in [-0.15, -0.1) is 0 Å². The first-order valence-electron chi connectivity index (χ1n) is 11.3. The molecule has 5 unspecified atom stereocenters. The Morgan fingerprint density at radius 3 is 2.80 bits per heavy atom. The maximum atomic E-state index is 11.8. The van der Waals surface area contributed by atoms with Gasteiger partial charge in [0.1, 0.15) is 12.4 Å². The molecule has 1 aliphatic heterocycles. The molecule has 2 aromatic carbocycles. The predicted molar refractivity (Wildman–Crippen MR) is 117 cm³/mol. The smallest absolute Gasteiger partial charge is 0.330 e. The SMILES string of the molecule is C=CC(=O)OC1COc2ccc3ccccc3c2C2C(CCC3CCCCC32)OC1. The highest BCUT2D eigenvalue weighted by molar-refractivity contribution is 5.88. The second kappa shape index (κ2) is 8.43. The van der Waals surface area contributed by atoms with Crippen LogP contribution in [0.2, 0.25) is 0 Å². The molecule has 0 amide bonds. The van der Waals surface area contributed by atoms with Crippen molar-refractivity contribution in [1.29, 1.82) is 0 Å². The van der Waals surface area contributed by atoms with Gasteiger partial charge < -0.3 is 14.2 Å². The van der Waals surface area contributed by atoms with Gasteiger partial charge in [0.25, 0.3) is 0 Å². The molecule has 0 spiro atoms. The quantitative estimate of drug-likeness (QED) is 0.495. The Morgan fingerprint density at radius 2 is 1.90 bits per heavy atom. The molecular weight excluding hydrogens is 376 g/mol. The summed E-state index contributed by atoms with van der Waals surface area (Å²) < 4.78 is 18.3. The minimum absolute atomic E-state index is 0.125. The lowest BCUT2D eigenvalue weighted by atomic mass is 9.62. The minimum atomic E-state index is -0.433. The van der Waals surface area contributed by atoms with Crippen molar-refractivity contribution in [2.24, 2.45) is 11.8 Å². The summed E-state index contributed by atoms with van der Waals surface area (Å²) in [5, 5.41) is 2.51. The summed E-state index contributed by atoms with van der Waals surface area (Å²) in [7, 11) is 0. The van der Waals surface area contributed by atoms with Crippen molar-refractivity contribution in [3.8, 4) is 5.75 Å². The van der Waals surface area contributed by atoms with Gasteiger partial charge in [-0.25, -0.2) is 4.79 Å². The third-order valence-corrected chi connectivity index (χ3v) is 7.29. The third-order valence-electron chi connectivity index (χ3n) is 7.29. The van der Waals surface area contributed by atoms with Gasteiger partial charge in [0.15, 0.2) is 6.10 Å². The van der Waals surface area contributed by atoms with Crippen molar-refractivity contribution in [2.45, 2.75) is 56.7 Å². The first-order chi connectivity index (χ1) is 14.7. The number of ether oxygens (including phenoxy) is 3. The van der Waals surface area contributed by atoms with E-state index in [2.05, 4.69) is 43.0 Å². The van der Waals surface area contributed by atoms with Crippen LogP contribution in [0, 0.1) is 11.8 Å². The second-order valence-electron chi connectivity index (χ2n) is 8.96. The fourth-order valence-electron chi connectivity index (χ4n) is 5.98. The molecule has 2 saturated carbocycles. The van der Waals surface area contributed by atoms with E-state index < -0.39 is 12.1 Å². The molecule has 0 saturated heterocycles. The molecular formula is C26H30O4. The normalized spacial score (nSPS) is 31.0. The van der Waals surface area contributed by atoms with Crippen molar-refractivity contribution >= 4 is 16.7 Å². The summed E-state index contributed by atoms with van der Waals surface area (Å²) in [6.07, 6.45) is 8.40. The van der Waals surface area contributed by atoms with E-state index in [9.17, 15) is 4.79 Å². The summed E-state index contributed by atoms with van der Waals surface area (Å²) in [5.74, 6) is 2.19. The molecule has 1 heterocycles. The number of benzene rings is 2. The lowest BCUT2D eigenvalue weighted by Crippen LogP contribution is -2.40. The summed E-state index contributed by atoms with van der Waals surface area (Å²) in [4.78, 5) is 11.8. The van der Waals surface area contributed by atoms with Crippen LogP contribution < -0.4 is 4.74 Å². The average Bonchev–Trinajstić information content (AvgIpc) is 2.87. The molecule has 5 atom stereocenters. The van der Waals surface area contributed by atoms with Crippen LogP contribution in [0.25, 0.3) is 10.8 Å². The lowest BCUT2D eigenvalue weighted by Gasteiger charge is -2.46. The maximum Gasteiger partial charge on any atom is 0.330 e. The van der Waals surface area contributed by atoms with Crippen molar-refractivity contribution in [1.82, 2.24) is 0 Å². The van der Waals surface area contributed by atoms with E-state index in [1.165, 1.54) is 54.5 Å². The Bertz CT molecular complexity index is 936. The fraction of sp³-hybridized carbons (Fsp3) is 0.500. The van der Waals surface area contributed by atoms with Crippen LogP contribution in [-0.4, -0.2) is 31.4 Å². The average molecular weight is 407 g/mol. The van der Waals surface area contributed by atoms with Crippen LogP contribution in [0.4, 0.5) is 0 Å². The molecule has 5 rings (SSSR count). The van der Waals surface area contributed by atoms with Crippen molar-refractivity contribution in [3.63, 3.8) is 0 Å². The Balaban J connectivity index is 1.60.